The van der Waals surface area contributed by atoms with E-state index in [4.69, 9.17) is 9.47 Å². The standard InChI is InChI=1S/C12H20N4O2/c1-3-10-11(4-2)15-16-12(14-10)18-8-9-7-13-5-6-17-9/h9,13H,3-8H2,1-2H3. The molecule has 1 fully saturated rings. The van der Waals surface area contributed by atoms with Crippen LogP contribution in [0, 0.1) is 0 Å². The van der Waals surface area contributed by atoms with Gasteiger partial charge in [0.1, 0.15) is 12.7 Å². The molecular formula is C12H20N4O2. The summed E-state index contributed by atoms with van der Waals surface area (Å²) in [7, 11) is 0. The SMILES string of the molecule is CCc1nnc(OCC2CNCCO2)nc1CC. The van der Waals surface area contributed by atoms with Crippen LogP contribution in [0.4, 0.5) is 0 Å². The van der Waals surface area contributed by atoms with E-state index in [9.17, 15) is 0 Å². The van der Waals surface area contributed by atoms with E-state index in [0.717, 1.165) is 43.9 Å². The molecule has 1 aliphatic rings. The molecule has 1 aromatic rings. The second-order valence-corrected chi connectivity index (χ2v) is 4.20. The van der Waals surface area contributed by atoms with Crippen LogP contribution in [-0.4, -0.2) is 47.6 Å². The molecule has 1 atom stereocenters. The van der Waals surface area contributed by atoms with Gasteiger partial charge in [-0.25, -0.2) is 0 Å². The van der Waals surface area contributed by atoms with Gasteiger partial charge in [0.25, 0.3) is 0 Å². The zero-order valence-corrected chi connectivity index (χ0v) is 11.0. The molecule has 2 heterocycles. The van der Waals surface area contributed by atoms with Crippen molar-refractivity contribution in [1.29, 1.82) is 0 Å². The summed E-state index contributed by atoms with van der Waals surface area (Å²) >= 11 is 0. The van der Waals surface area contributed by atoms with Crippen LogP contribution in [0.1, 0.15) is 25.2 Å². The van der Waals surface area contributed by atoms with Crippen LogP contribution in [0.2, 0.25) is 0 Å². The summed E-state index contributed by atoms with van der Waals surface area (Å²) in [5, 5.41) is 11.4. The lowest BCUT2D eigenvalue weighted by molar-refractivity contribution is -0.00208. The fourth-order valence-electron chi connectivity index (χ4n) is 1.88. The Morgan fingerprint density at radius 1 is 1.28 bits per heavy atom. The van der Waals surface area contributed by atoms with E-state index >= 15 is 0 Å². The molecule has 1 unspecified atom stereocenters. The molecule has 0 bridgehead atoms. The minimum Gasteiger partial charge on any atom is -0.460 e. The van der Waals surface area contributed by atoms with Crippen LogP contribution in [0.15, 0.2) is 0 Å². The van der Waals surface area contributed by atoms with Gasteiger partial charge in [0.15, 0.2) is 0 Å². The van der Waals surface area contributed by atoms with Crippen LogP contribution in [0.25, 0.3) is 0 Å². The molecule has 0 aromatic carbocycles. The molecule has 2 rings (SSSR count). The highest BCUT2D eigenvalue weighted by Gasteiger charge is 2.15. The molecule has 0 aliphatic carbocycles. The fourth-order valence-corrected chi connectivity index (χ4v) is 1.88. The van der Waals surface area contributed by atoms with Gasteiger partial charge in [-0.2, -0.15) is 4.98 Å². The second kappa shape index (κ2) is 6.61. The van der Waals surface area contributed by atoms with E-state index < -0.39 is 0 Å². The summed E-state index contributed by atoms with van der Waals surface area (Å²) in [4.78, 5) is 4.37. The van der Waals surface area contributed by atoms with E-state index in [0.29, 0.717) is 12.6 Å². The van der Waals surface area contributed by atoms with Gasteiger partial charge in [0.2, 0.25) is 0 Å². The van der Waals surface area contributed by atoms with Crippen molar-refractivity contribution >= 4 is 0 Å². The Morgan fingerprint density at radius 2 is 2.11 bits per heavy atom. The molecule has 1 N–H and O–H groups in total. The zero-order chi connectivity index (χ0) is 12.8. The van der Waals surface area contributed by atoms with Crippen molar-refractivity contribution in [2.75, 3.05) is 26.3 Å². The first-order valence-electron chi connectivity index (χ1n) is 6.51. The molecule has 100 valence electrons. The van der Waals surface area contributed by atoms with Crippen LogP contribution >= 0.6 is 0 Å². The summed E-state index contributed by atoms with van der Waals surface area (Å²) in [5.41, 5.74) is 1.91. The molecule has 0 spiro atoms. The molecular weight excluding hydrogens is 232 g/mol. The second-order valence-electron chi connectivity index (χ2n) is 4.20. The van der Waals surface area contributed by atoms with Crippen molar-refractivity contribution < 1.29 is 9.47 Å². The van der Waals surface area contributed by atoms with E-state index in [1.807, 2.05) is 6.92 Å². The molecule has 1 aliphatic heterocycles. The lowest BCUT2D eigenvalue weighted by atomic mass is 10.2. The summed E-state index contributed by atoms with van der Waals surface area (Å²) in [6.45, 7) is 7.00. The van der Waals surface area contributed by atoms with E-state index in [1.165, 1.54) is 0 Å². The Balaban J connectivity index is 1.92. The highest BCUT2D eigenvalue weighted by atomic mass is 16.5. The van der Waals surface area contributed by atoms with Crippen LogP contribution < -0.4 is 10.1 Å². The summed E-state index contributed by atoms with van der Waals surface area (Å²) in [6.07, 6.45) is 1.76. The van der Waals surface area contributed by atoms with Gasteiger partial charge in [-0.3, -0.25) is 0 Å². The van der Waals surface area contributed by atoms with Gasteiger partial charge in [-0.1, -0.05) is 18.9 Å². The number of nitrogens with one attached hydrogen (secondary N) is 1. The van der Waals surface area contributed by atoms with E-state index in [1.54, 1.807) is 0 Å². The molecule has 6 heteroatoms. The zero-order valence-electron chi connectivity index (χ0n) is 11.0. The van der Waals surface area contributed by atoms with Crippen molar-refractivity contribution in [1.82, 2.24) is 20.5 Å². The maximum atomic E-state index is 5.54. The fraction of sp³-hybridized carbons (Fsp3) is 0.750. The van der Waals surface area contributed by atoms with Gasteiger partial charge in [-0.15, -0.1) is 5.10 Å². The number of hydrogen-bond acceptors (Lipinski definition) is 6. The first-order valence-corrected chi connectivity index (χ1v) is 6.51. The maximum absolute atomic E-state index is 5.54. The quantitative estimate of drug-likeness (QED) is 0.816. The normalized spacial score (nSPS) is 19.8. The highest BCUT2D eigenvalue weighted by Crippen LogP contribution is 2.09. The number of ether oxygens (including phenoxy) is 2. The third kappa shape index (κ3) is 3.36. The average molecular weight is 252 g/mol. The first kappa shape index (κ1) is 13.2. The number of aromatic nitrogens is 3. The third-order valence-electron chi connectivity index (χ3n) is 2.89. The summed E-state index contributed by atoms with van der Waals surface area (Å²) in [6, 6.07) is 0.346. The molecule has 18 heavy (non-hydrogen) atoms. The lowest BCUT2D eigenvalue weighted by Gasteiger charge is -2.23. The number of aryl methyl sites for hydroxylation is 2. The van der Waals surface area contributed by atoms with Gasteiger partial charge in [-0.05, 0) is 12.8 Å². The molecule has 0 radical (unpaired) electrons. The Kier molecular flexibility index (Phi) is 4.83. The number of rotatable bonds is 5. The Hall–Kier alpha value is -1.27. The van der Waals surface area contributed by atoms with Crippen LogP contribution in [0.5, 0.6) is 6.01 Å². The minimum absolute atomic E-state index is 0.0679. The summed E-state index contributed by atoms with van der Waals surface area (Å²) in [5.74, 6) is 0. The van der Waals surface area contributed by atoms with Crippen LogP contribution in [-0.2, 0) is 17.6 Å². The number of hydrogen-bond donors (Lipinski definition) is 1. The van der Waals surface area contributed by atoms with Gasteiger partial charge < -0.3 is 14.8 Å². The van der Waals surface area contributed by atoms with Crippen molar-refractivity contribution in [3.63, 3.8) is 0 Å². The minimum atomic E-state index is 0.0679. The van der Waals surface area contributed by atoms with Crippen molar-refractivity contribution in [2.45, 2.75) is 32.8 Å². The Labute approximate surface area is 107 Å². The van der Waals surface area contributed by atoms with Gasteiger partial charge >= 0.3 is 6.01 Å². The van der Waals surface area contributed by atoms with Gasteiger partial charge in [0.05, 0.1) is 18.0 Å². The third-order valence-corrected chi connectivity index (χ3v) is 2.89. The smallest absolute Gasteiger partial charge is 0.336 e. The molecule has 0 saturated carbocycles. The maximum Gasteiger partial charge on any atom is 0.336 e. The Morgan fingerprint density at radius 3 is 2.78 bits per heavy atom. The number of morpholine rings is 1. The topological polar surface area (TPSA) is 69.2 Å². The Bertz CT molecular complexity index is 380. The summed E-state index contributed by atoms with van der Waals surface area (Å²) < 4.78 is 11.1. The van der Waals surface area contributed by atoms with Gasteiger partial charge in [0, 0.05) is 13.1 Å². The average Bonchev–Trinajstić information content (AvgIpc) is 2.45. The largest absolute Gasteiger partial charge is 0.460 e. The monoisotopic (exact) mass is 252 g/mol. The van der Waals surface area contributed by atoms with Crippen molar-refractivity contribution in [2.24, 2.45) is 0 Å². The van der Waals surface area contributed by atoms with Crippen molar-refractivity contribution in [3.05, 3.63) is 11.4 Å². The predicted molar refractivity (Wildman–Crippen MR) is 66.7 cm³/mol. The number of nitrogens with zero attached hydrogens (tertiary/aromatic N) is 3. The van der Waals surface area contributed by atoms with E-state index in [2.05, 4.69) is 27.4 Å². The molecule has 0 amide bonds. The van der Waals surface area contributed by atoms with Crippen molar-refractivity contribution in [3.8, 4) is 6.01 Å². The molecule has 1 aromatic heterocycles. The predicted octanol–water partition coefficient (Wildman–Crippen LogP) is 0.364. The molecule has 1 saturated heterocycles. The lowest BCUT2D eigenvalue weighted by Crippen LogP contribution is -2.41. The first-order chi connectivity index (χ1) is 8.83. The van der Waals surface area contributed by atoms with Crippen LogP contribution in [0.3, 0.4) is 0 Å². The molecule has 6 nitrogen and oxygen atoms in total. The van der Waals surface area contributed by atoms with E-state index in [-0.39, 0.29) is 6.10 Å². The highest BCUT2D eigenvalue weighted by molar-refractivity contribution is 5.11.